The van der Waals surface area contributed by atoms with Crippen LogP contribution < -0.4 is 5.32 Å². The topological polar surface area (TPSA) is 17.0 Å². The third-order valence-corrected chi connectivity index (χ3v) is 2.65. The van der Waals surface area contributed by atoms with Crippen molar-refractivity contribution in [3.05, 3.63) is 35.5 Å². The minimum Gasteiger partial charge on any atom is -0.350 e. The molecular formula is C12H16N2. The van der Waals surface area contributed by atoms with Gasteiger partial charge in [-0.1, -0.05) is 18.2 Å². The van der Waals surface area contributed by atoms with Gasteiger partial charge < -0.3 is 9.88 Å². The highest BCUT2D eigenvalue weighted by atomic mass is 14.9. The Hall–Kier alpha value is -1.28. The SMILES string of the molecule is CNCc1cn(C)c2c(C)cccc12. The second-order valence-electron chi connectivity index (χ2n) is 3.77. The summed E-state index contributed by atoms with van der Waals surface area (Å²) >= 11 is 0. The van der Waals surface area contributed by atoms with Crippen LogP contribution in [0.25, 0.3) is 10.9 Å². The smallest absolute Gasteiger partial charge is 0.0510 e. The predicted octanol–water partition coefficient (Wildman–Crippen LogP) is 2.21. The monoisotopic (exact) mass is 188 g/mol. The summed E-state index contributed by atoms with van der Waals surface area (Å²) in [6, 6.07) is 6.47. The van der Waals surface area contributed by atoms with Crippen LogP contribution in [0.4, 0.5) is 0 Å². The molecule has 0 amide bonds. The second-order valence-corrected chi connectivity index (χ2v) is 3.77. The Kier molecular flexibility index (Phi) is 2.30. The zero-order valence-corrected chi connectivity index (χ0v) is 8.96. The minimum absolute atomic E-state index is 0.931. The number of hydrogen-bond donors (Lipinski definition) is 1. The second kappa shape index (κ2) is 3.46. The number of nitrogens with one attached hydrogen (secondary N) is 1. The number of fused-ring (bicyclic) bond motifs is 1. The molecule has 0 fully saturated rings. The fourth-order valence-corrected chi connectivity index (χ4v) is 2.09. The maximum atomic E-state index is 3.20. The third kappa shape index (κ3) is 1.32. The van der Waals surface area contributed by atoms with Gasteiger partial charge in [0.2, 0.25) is 0 Å². The van der Waals surface area contributed by atoms with Crippen LogP contribution >= 0.6 is 0 Å². The molecule has 0 radical (unpaired) electrons. The minimum atomic E-state index is 0.931. The summed E-state index contributed by atoms with van der Waals surface area (Å²) in [5.74, 6) is 0. The molecule has 0 atom stereocenters. The Labute approximate surface area is 84.5 Å². The average Bonchev–Trinajstić information content (AvgIpc) is 2.46. The summed E-state index contributed by atoms with van der Waals surface area (Å²) in [4.78, 5) is 0. The predicted molar refractivity (Wildman–Crippen MR) is 60.4 cm³/mol. The molecule has 2 heteroatoms. The molecule has 0 spiro atoms. The van der Waals surface area contributed by atoms with Gasteiger partial charge in [-0.25, -0.2) is 0 Å². The molecule has 1 aromatic carbocycles. The number of nitrogens with zero attached hydrogens (tertiary/aromatic N) is 1. The summed E-state index contributed by atoms with van der Waals surface area (Å²) in [5, 5.41) is 4.56. The summed E-state index contributed by atoms with van der Waals surface area (Å²) in [6.45, 7) is 3.09. The lowest BCUT2D eigenvalue weighted by Crippen LogP contribution is -2.04. The maximum Gasteiger partial charge on any atom is 0.0510 e. The molecule has 74 valence electrons. The Morgan fingerprint density at radius 2 is 2.14 bits per heavy atom. The third-order valence-electron chi connectivity index (χ3n) is 2.65. The first-order chi connectivity index (χ1) is 6.74. The molecule has 0 aliphatic heterocycles. The van der Waals surface area contributed by atoms with E-state index in [0.717, 1.165) is 6.54 Å². The zero-order valence-electron chi connectivity index (χ0n) is 8.96. The lowest BCUT2D eigenvalue weighted by Gasteiger charge is -2.00. The van der Waals surface area contributed by atoms with Gasteiger partial charge in [-0.05, 0) is 25.1 Å². The molecule has 2 aromatic rings. The van der Waals surface area contributed by atoms with E-state index in [1.165, 1.54) is 22.0 Å². The van der Waals surface area contributed by atoms with Crippen LogP contribution in [0.15, 0.2) is 24.4 Å². The summed E-state index contributed by atoms with van der Waals surface area (Å²) in [6.07, 6.45) is 2.20. The lowest BCUT2D eigenvalue weighted by atomic mass is 10.1. The Balaban J connectivity index is 2.71. The van der Waals surface area contributed by atoms with Crippen molar-refractivity contribution in [3.63, 3.8) is 0 Å². The first-order valence-corrected chi connectivity index (χ1v) is 4.92. The standard InChI is InChI=1S/C12H16N2/c1-9-5-4-6-11-10(7-13-2)8-14(3)12(9)11/h4-6,8,13H,7H2,1-3H3. The first-order valence-electron chi connectivity index (χ1n) is 4.92. The zero-order chi connectivity index (χ0) is 10.1. The molecule has 0 unspecified atom stereocenters. The van der Waals surface area contributed by atoms with E-state index in [1.807, 2.05) is 7.05 Å². The fraction of sp³-hybridized carbons (Fsp3) is 0.333. The highest BCUT2D eigenvalue weighted by molar-refractivity contribution is 5.86. The molecule has 1 N–H and O–H groups in total. The molecular weight excluding hydrogens is 172 g/mol. The van der Waals surface area contributed by atoms with Crippen LogP contribution in [-0.2, 0) is 13.6 Å². The highest BCUT2D eigenvalue weighted by Gasteiger charge is 2.06. The van der Waals surface area contributed by atoms with E-state index in [0.29, 0.717) is 0 Å². The molecule has 2 nitrogen and oxygen atoms in total. The van der Waals surface area contributed by atoms with Crippen LogP contribution in [-0.4, -0.2) is 11.6 Å². The van der Waals surface area contributed by atoms with Gasteiger partial charge in [-0.15, -0.1) is 0 Å². The molecule has 14 heavy (non-hydrogen) atoms. The molecule has 1 heterocycles. The number of aromatic nitrogens is 1. The van der Waals surface area contributed by atoms with E-state index in [1.54, 1.807) is 0 Å². The Morgan fingerprint density at radius 3 is 2.86 bits per heavy atom. The van der Waals surface area contributed by atoms with Crippen molar-refractivity contribution in [2.45, 2.75) is 13.5 Å². The largest absolute Gasteiger partial charge is 0.350 e. The van der Waals surface area contributed by atoms with Crippen LogP contribution in [0, 0.1) is 6.92 Å². The van der Waals surface area contributed by atoms with Gasteiger partial charge in [0.05, 0.1) is 5.52 Å². The summed E-state index contributed by atoms with van der Waals surface area (Å²) < 4.78 is 2.21. The van der Waals surface area contributed by atoms with Gasteiger partial charge in [0, 0.05) is 25.2 Å². The van der Waals surface area contributed by atoms with E-state index in [4.69, 9.17) is 0 Å². The normalized spacial score (nSPS) is 11.1. The van der Waals surface area contributed by atoms with Gasteiger partial charge in [-0.2, -0.15) is 0 Å². The number of aryl methyl sites for hydroxylation is 2. The van der Waals surface area contributed by atoms with E-state index in [2.05, 4.69) is 48.3 Å². The van der Waals surface area contributed by atoms with E-state index < -0.39 is 0 Å². The molecule has 0 aliphatic carbocycles. The number of hydrogen-bond acceptors (Lipinski definition) is 1. The Bertz CT molecular complexity index is 455. The fourth-order valence-electron chi connectivity index (χ4n) is 2.09. The van der Waals surface area contributed by atoms with Crippen molar-refractivity contribution in [3.8, 4) is 0 Å². The van der Waals surface area contributed by atoms with Crippen LogP contribution in [0.1, 0.15) is 11.1 Å². The van der Waals surface area contributed by atoms with Gasteiger partial charge in [0.25, 0.3) is 0 Å². The van der Waals surface area contributed by atoms with Crippen molar-refractivity contribution in [1.29, 1.82) is 0 Å². The Morgan fingerprint density at radius 1 is 1.36 bits per heavy atom. The van der Waals surface area contributed by atoms with Gasteiger partial charge in [0.15, 0.2) is 0 Å². The van der Waals surface area contributed by atoms with E-state index in [-0.39, 0.29) is 0 Å². The van der Waals surface area contributed by atoms with Crippen molar-refractivity contribution in [2.24, 2.45) is 7.05 Å². The molecule has 0 saturated carbocycles. The molecule has 0 aliphatic rings. The van der Waals surface area contributed by atoms with Crippen LogP contribution in [0.2, 0.25) is 0 Å². The highest BCUT2D eigenvalue weighted by Crippen LogP contribution is 2.23. The van der Waals surface area contributed by atoms with Crippen LogP contribution in [0.3, 0.4) is 0 Å². The number of rotatable bonds is 2. The molecule has 2 rings (SSSR count). The van der Waals surface area contributed by atoms with Crippen molar-refractivity contribution >= 4 is 10.9 Å². The van der Waals surface area contributed by atoms with Crippen LogP contribution in [0.5, 0.6) is 0 Å². The molecule has 0 saturated heterocycles. The molecule has 1 aromatic heterocycles. The van der Waals surface area contributed by atoms with Crippen molar-refractivity contribution in [2.75, 3.05) is 7.05 Å². The van der Waals surface area contributed by atoms with Gasteiger partial charge >= 0.3 is 0 Å². The van der Waals surface area contributed by atoms with E-state index in [9.17, 15) is 0 Å². The number of para-hydroxylation sites is 1. The van der Waals surface area contributed by atoms with Crippen molar-refractivity contribution < 1.29 is 0 Å². The number of benzene rings is 1. The van der Waals surface area contributed by atoms with Crippen molar-refractivity contribution in [1.82, 2.24) is 9.88 Å². The first kappa shape index (κ1) is 9.28. The van der Waals surface area contributed by atoms with Gasteiger partial charge in [0.1, 0.15) is 0 Å². The maximum absolute atomic E-state index is 3.20. The molecule has 0 bridgehead atoms. The summed E-state index contributed by atoms with van der Waals surface area (Å²) in [5.41, 5.74) is 4.05. The average molecular weight is 188 g/mol. The lowest BCUT2D eigenvalue weighted by molar-refractivity contribution is 0.815. The van der Waals surface area contributed by atoms with Gasteiger partial charge in [-0.3, -0.25) is 0 Å². The summed E-state index contributed by atoms with van der Waals surface area (Å²) in [7, 11) is 4.09. The quantitative estimate of drug-likeness (QED) is 0.764. The van der Waals surface area contributed by atoms with E-state index >= 15 is 0 Å².